The predicted octanol–water partition coefficient (Wildman–Crippen LogP) is 2.04. The normalized spacial score (nSPS) is 13.3. The lowest BCUT2D eigenvalue weighted by molar-refractivity contribution is -0.143. The maximum atomic E-state index is 12.0. The first-order valence-electron chi connectivity index (χ1n) is 6.95. The smallest absolute Gasteiger partial charge is 0.314 e. The van der Waals surface area contributed by atoms with Crippen LogP contribution in [0.2, 0.25) is 0 Å². The minimum absolute atomic E-state index is 0.245. The first kappa shape index (κ1) is 16.7. The fourth-order valence-corrected chi connectivity index (χ4v) is 2.25. The van der Waals surface area contributed by atoms with Crippen molar-refractivity contribution in [2.75, 3.05) is 26.7 Å². The van der Waals surface area contributed by atoms with Crippen molar-refractivity contribution in [3.63, 3.8) is 0 Å². The number of rotatable bonds is 7. The summed E-state index contributed by atoms with van der Waals surface area (Å²) in [5, 5.41) is 9.94. The molecular formula is C16H25NO3. The molecule has 1 aromatic rings. The molecule has 0 aliphatic rings. The molecule has 0 radical (unpaired) electrons. The van der Waals surface area contributed by atoms with Gasteiger partial charge in [0.25, 0.3) is 0 Å². The quantitative estimate of drug-likeness (QED) is 0.776. The number of ether oxygens (including phenoxy) is 1. The van der Waals surface area contributed by atoms with Gasteiger partial charge in [0.05, 0.1) is 18.6 Å². The Labute approximate surface area is 121 Å². The number of methoxy groups -OCH3 is 1. The predicted molar refractivity (Wildman–Crippen MR) is 79.6 cm³/mol. The van der Waals surface area contributed by atoms with E-state index in [-0.39, 0.29) is 11.9 Å². The van der Waals surface area contributed by atoms with E-state index in [2.05, 4.69) is 4.90 Å². The van der Waals surface area contributed by atoms with Crippen LogP contribution in [-0.4, -0.2) is 48.3 Å². The third kappa shape index (κ3) is 5.31. The number of hydrogen-bond acceptors (Lipinski definition) is 4. The number of nitrogens with zero attached hydrogens (tertiary/aromatic N) is 1. The molecule has 0 spiro atoms. The Kier molecular flexibility index (Phi) is 6.17. The second kappa shape index (κ2) is 7.41. The van der Waals surface area contributed by atoms with E-state index in [0.717, 1.165) is 12.1 Å². The second-order valence-corrected chi connectivity index (χ2v) is 5.63. The van der Waals surface area contributed by atoms with Crippen LogP contribution in [0.1, 0.15) is 32.3 Å². The molecule has 1 N–H and O–H groups in total. The van der Waals surface area contributed by atoms with Crippen molar-refractivity contribution in [1.82, 2.24) is 4.90 Å². The Morgan fingerprint density at radius 2 is 1.95 bits per heavy atom. The Morgan fingerprint density at radius 3 is 2.40 bits per heavy atom. The molecule has 1 aromatic carbocycles. The molecule has 0 heterocycles. The lowest BCUT2D eigenvalue weighted by Gasteiger charge is -2.30. The third-order valence-electron chi connectivity index (χ3n) is 3.19. The highest BCUT2D eigenvalue weighted by molar-refractivity contribution is 5.78. The average molecular weight is 279 g/mol. The Morgan fingerprint density at radius 1 is 1.35 bits per heavy atom. The zero-order valence-corrected chi connectivity index (χ0v) is 12.8. The topological polar surface area (TPSA) is 49.8 Å². The molecule has 0 aromatic heterocycles. The highest BCUT2D eigenvalue weighted by Crippen LogP contribution is 2.19. The summed E-state index contributed by atoms with van der Waals surface area (Å²) < 4.78 is 4.91. The van der Waals surface area contributed by atoms with Crippen LogP contribution in [0.4, 0.5) is 0 Å². The molecule has 0 bridgehead atoms. The molecular weight excluding hydrogens is 254 g/mol. The Balaban J connectivity index is 2.87. The van der Waals surface area contributed by atoms with Crippen molar-refractivity contribution in [2.24, 2.45) is 0 Å². The molecule has 0 saturated carbocycles. The Bertz CT molecular complexity index is 411. The first-order valence-corrected chi connectivity index (χ1v) is 6.95. The molecule has 0 aliphatic carbocycles. The molecule has 4 heteroatoms. The van der Waals surface area contributed by atoms with E-state index in [4.69, 9.17) is 4.74 Å². The van der Waals surface area contributed by atoms with Gasteiger partial charge in [-0.3, -0.25) is 9.69 Å². The van der Waals surface area contributed by atoms with Crippen molar-refractivity contribution in [3.8, 4) is 0 Å². The average Bonchev–Trinajstić information content (AvgIpc) is 2.42. The van der Waals surface area contributed by atoms with Crippen molar-refractivity contribution in [1.29, 1.82) is 0 Å². The van der Waals surface area contributed by atoms with Crippen LogP contribution in [0.15, 0.2) is 30.3 Å². The van der Waals surface area contributed by atoms with E-state index in [1.807, 2.05) is 37.3 Å². The number of carbonyl (C=O) groups is 1. The van der Waals surface area contributed by atoms with Gasteiger partial charge in [0, 0.05) is 13.1 Å². The van der Waals surface area contributed by atoms with Crippen molar-refractivity contribution in [2.45, 2.75) is 32.3 Å². The molecule has 0 fully saturated rings. The molecule has 0 saturated heterocycles. The van der Waals surface area contributed by atoms with Gasteiger partial charge in [-0.1, -0.05) is 37.3 Å². The standard InChI is InChI=1S/C16H25NO3/c1-5-17(12-16(2,3)19)11-14(15(18)20-4)13-9-7-6-8-10-13/h6-10,14,19H,5,11-12H2,1-4H3. The molecule has 1 atom stereocenters. The van der Waals surface area contributed by atoms with Gasteiger partial charge >= 0.3 is 5.97 Å². The van der Waals surface area contributed by atoms with E-state index in [1.165, 1.54) is 7.11 Å². The molecule has 0 amide bonds. The Hall–Kier alpha value is -1.39. The van der Waals surface area contributed by atoms with Gasteiger partial charge in [-0.2, -0.15) is 0 Å². The van der Waals surface area contributed by atoms with Gasteiger partial charge in [0.2, 0.25) is 0 Å². The zero-order chi connectivity index (χ0) is 15.2. The van der Waals surface area contributed by atoms with Crippen molar-refractivity contribution in [3.05, 3.63) is 35.9 Å². The second-order valence-electron chi connectivity index (χ2n) is 5.63. The van der Waals surface area contributed by atoms with Gasteiger partial charge in [-0.25, -0.2) is 0 Å². The monoisotopic (exact) mass is 279 g/mol. The fourth-order valence-electron chi connectivity index (χ4n) is 2.25. The SMILES string of the molecule is CCN(CC(C(=O)OC)c1ccccc1)CC(C)(C)O. The number of carbonyl (C=O) groups excluding carboxylic acids is 1. The molecule has 20 heavy (non-hydrogen) atoms. The number of likely N-dealkylation sites (N-methyl/N-ethyl adjacent to an activating group) is 1. The highest BCUT2D eigenvalue weighted by Gasteiger charge is 2.26. The zero-order valence-electron chi connectivity index (χ0n) is 12.8. The number of hydrogen-bond donors (Lipinski definition) is 1. The highest BCUT2D eigenvalue weighted by atomic mass is 16.5. The molecule has 112 valence electrons. The van der Waals surface area contributed by atoms with Crippen LogP contribution >= 0.6 is 0 Å². The summed E-state index contributed by atoms with van der Waals surface area (Å²) in [5.74, 6) is -0.575. The lowest BCUT2D eigenvalue weighted by atomic mass is 9.98. The van der Waals surface area contributed by atoms with Gasteiger partial charge in [-0.05, 0) is 26.0 Å². The summed E-state index contributed by atoms with van der Waals surface area (Å²) in [6, 6.07) is 9.61. The van der Waals surface area contributed by atoms with Crippen LogP contribution in [0.5, 0.6) is 0 Å². The summed E-state index contributed by atoms with van der Waals surface area (Å²) in [7, 11) is 1.41. The number of esters is 1. The third-order valence-corrected chi connectivity index (χ3v) is 3.19. The van der Waals surface area contributed by atoms with Crippen LogP contribution in [0.3, 0.4) is 0 Å². The van der Waals surface area contributed by atoms with Gasteiger partial charge < -0.3 is 9.84 Å². The molecule has 4 nitrogen and oxygen atoms in total. The van der Waals surface area contributed by atoms with E-state index >= 15 is 0 Å². The number of benzene rings is 1. The molecule has 1 rings (SSSR count). The summed E-state index contributed by atoms with van der Waals surface area (Å²) in [6.07, 6.45) is 0. The summed E-state index contributed by atoms with van der Waals surface area (Å²) in [6.45, 7) is 7.38. The summed E-state index contributed by atoms with van der Waals surface area (Å²) in [4.78, 5) is 14.1. The maximum absolute atomic E-state index is 12.0. The van der Waals surface area contributed by atoms with Crippen LogP contribution in [0, 0.1) is 0 Å². The van der Waals surface area contributed by atoms with E-state index in [1.54, 1.807) is 13.8 Å². The fraction of sp³-hybridized carbons (Fsp3) is 0.562. The summed E-state index contributed by atoms with van der Waals surface area (Å²) >= 11 is 0. The molecule has 1 unspecified atom stereocenters. The van der Waals surface area contributed by atoms with Crippen molar-refractivity contribution < 1.29 is 14.6 Å². The van der Waals surface area contributed by atoms with Crippen LogP contribution in [-0.2, 0) is 9.53 Å². The largest absolute Gasteiger partial charge is 0.469 e. The van der Waals surface area contributed by atoms with Gasteiger partial charge in [0.15, 0.2) is 0 Å². The summed E-state index contributed by atoms with van der Waals surface area (Å²) in [5.41, 5.74) is 0.154. The minimum Gasteiger partial charge on any atom is -0.469 e. The molecule has 0 aliphatic heterocycles. The van der Waals surface area contributed by atoms with Crippen LogP contribution in [0.25, 0.3) is 0 Å². The van der Waals surface area contributed by atoms with Crippen LogP contribution < -0.4 is 0 Å². The van der Waals surface area contributed by atoms with Crippen molar-refractivity contribution >= 4 is 5.97 Å². The minimum atomic E-state index is -0.784. The number of aliphatic hydroxyl groups is 1. The van der Waals surface area contributed by atoms with E-state index in [0.29, 0.717) is 13.1 Å². The van der Waals surface area contributed by atoms with Gasteiger partial charge in [0.1, 0.15) is 0 Å². The van der Waals surface area contributed by atoms with E-state index < -0.39 is 5.60 Å². The van der Waals surface area contributed by atoms with Gasteiger partial charge in [-0.15, -0.1) is 0 Å². The first-order chi connectivity index (χ1) is 9.37. The lowest BCUT2D eigenvalue weighted by Crippen LogP contribution is -2.41. The van der Waals surface area contributed by atoms with E-state index in [9.17, 15) is 9.90 Å². The maximum Gasteiger partial charge on any atom is 0.314 e.